The summed E-state index contributed by atoms with van der Waals surface area (Å²) in [6.07, 6.45) is 6.57. The molecular formula is C13H14FN3. The summed E-state index contributed by atoms with van der Waals surface area (Å²) in [5.74, 6) is -0.268. The molecule has 0 aliphatic heterocycles. The average Bonchev–Trinajstić information content (AvgIpc) is 2.86. The predicted octanol–water partition coefficient (Wildman–Crippen LogP) is 2.05. The zero-order valence-electron chi connectivity index (χ0n) is 9.44. The van der Waals surface area contributed by atoms with Gasteiger partial charge in [0.1, 0.15) is 11.5 Å². The highest BCUT2D eigenvalue weighted by Gasteiger charge is 2.38. The molecule has 17 heavy (non-hydrogen) atoms. The van der Waals surface area contributed by atoms with Gasteiger partial charge in [-0.25, -0.2) is 9.07 Å². The Morgan fingerprint density at radius 1 is 1.35 bits per heavy atom. The molecule has 0 spiro atoms. The van der Waals surface area contributed by atoms with Crippen molar-refractivity contribution in [2.24, 2.45) is 5.73 Å². The zero-order chi connectivity index (χ0) is 11.9. The SMILES string of the molecule is NC1(Cc2cnn(-c3ccccc3F)c2)CC1. The van der Waals surface area contributed by atoms with E-state index in [4.69, 9.17) is 5.73 Å². The maximum atomic E-state index is 13.5. The van der Waals surface area contributed by atoms with Crippen molar-refractivity contribution in [2.75, 3.05) is 0 Å². The number of nitrogens with zero attached hydrogens (tertiary/aromatic N) is 2. The Morgan fingerprint density at radius 2 is 2.12 bits per heavy atom. The number of hydrogen-bond acceptors (Lipinski definition) is 2. The number of rotatable bonds is 3. The van der Waals surface area contributed by atoms with Gasteiger partial charge in [-0.05, 0) is 37.0 Å². The minimum Gasteiger partial charge on any atom is -0.325 e. The van der Waals surface area contributed by atoms with Crippen LogP contribution in [0.4, 0.5) is 4.39 Å². The highest BCUT2D eigenvalue weighted by molar-refractivity contribution is 5.33. The molecule has 0 amide bonds. The number of aromatic nitrogens is 2. The molecule has 1 saturated carbocycles. The number of halogens is 1. The van der Waals surface area contributed by atoms with Crippen molar-refractivity contribution in [1.29, 1.82) is 0 Å². The highest BCUT2D eigenvalue weighted by atomic mass is 19.1. The van der Waals surface area contributed by atoms with Gasteiger partial charge in [-0.2, -0.15) is 5.10 Å². The topological polar surface area (TPSA) is 43.8 Å². The van der Waals surface area contributed by atoms with Crippen LogP contribution in [0.5, 0.6) is 0 Å². The van der Waals surface area contributed by atoms with Crippen LogP contribution in [0.2, 0.25) is 0 Å². The van der Waals surface area contributed by atoms with Gasteiger partial charge < -0.3 is 5.73 Å². The maximum absolute atomic E-state index is 13.5. The van der Waals surface area contributed by atoms with E-state index in [2.05, 4.69) is 5.10 Å². The summed E-state index contributed by atoms with van der Waals surface area (Å²) in [6.45, 7) is 0. The number of para-hydroxylation sites is 1. The lowest BCUT2D eigenvalue weighted by atomic mass is 10.1. The van der Waals surface area contributed by atoms with Crippen LogP contribution >= 0.6 is 0 Å². The van der Waals surface area contributed by atoms with Crippen LogP contribution in [0.15, 0.2) is 36.7 Å². The average molecular weight is 231 g/mol. The van der Waals surface area contributed by atoms with Crippen molar-refractivity contribution in [3.05, 3.63) is 48.0 Å². The standard InChI is InChI=1S/C13H14FN3/c14-11-3-1-2-4-12(11)17-9-10(8-16-17)7-13(15)5-6-13/h1-4,8-9H,5-7,15H2. The third-order valence-electron chi connectivity index (χ3n) is 3.18. The fourth-order valence-electron chi connectivity index (χ4n) is 1.96. The van der Waals surface area contributed by atoms with E-state index in [1.807, 2.05) is 6.20 Å². The second-order valence-electron chi connectivity index (χ2n) is 4.78. The van der Waals surface area contributed by atoms with Gasteiger partial charge in [-0.15, -0.1) is 0 Å². The maximum Gasteiger partial charge on any atom is 0.148 e. The summed E-state index contributed by atoms with van der Waals surface area (Å²) in [7, 11) is 0. The van der Waals surface area contributed by atoms with E-state index < -0.39 is 0 Å². The third kappa shape index (κ3) is 2.08. The molecule has 1 aromatic carbocycles. The molecule has 2 N–H and O–H groups in total. The molecular weight excluding hydrogens is 217 g/mol. The Bertz CT molecular complexity index is 543. The van der Waals surface area contributed by atoms with E-state index in [0.29, 0.717) is 5.69 Å². The molecule has 88 valence electrons. The Kier molecular flexibility index (Phi) is 2.26. The van der Waals surface area contributed by atoms with Crippen molar-refractivity contribution in [2.45, 2.75) is 24.8 Å². The summed E-state index contributed by atoms with van der Waals surface area (Å²) >= 11 is 0. The zero-order valence-corrected chi connectivity index (χ0v) is 9.44. The minimum absolute atomic E-state index is 0.0386. The van der Waals surface area contributed by atoms with Crippen LogP contribution in [0, 0.1) is 5.82 Å². The first-order chi connectivity index (χ1) is 8.16. The van der Waals surface area contributed by atoms with E-state index >= 15 is 0 Å². The lowest BCUT2D eigenvalue weighted by Crippen LogP contribution is -2.24. The van der Waals surface area contributed by atoms with E-state index in [0.717, 1.165) is 24.8 Å². The van der Waals surface area contributed by atoms with Crippen molar-refractivity contribution in [1.82, 2.24) is 9.78 Å². The minimum atomic E-state index is -0.268. The van der Waals surface area contributed by atoms with Crippen molar-refractivity contribution in [3.8, 4) is 5.69 Å². The number of benzene rings is 1. The molecule has 1 aliphatic carbocycles. The molecule has 1 aromatic heterocycles. The molecule has 4 heteroatoms. The summed E-state index contributed by atoms with van der Waals surface area (Å²) in [5, 5.41) is 4.18. The monoisotopic (exact) mass is 231 g/mol. The Hall–Kier alpha value is -1.68. The summed E-state index contributed by atoms with van der Waals surface area (Å²) in [4.78, 5) is 0. The molecule has 1 aliphatic rings. The molecule has 3 rings (SSSR count). The second kappa shape index (κ2) is 3.67. The Balaban J connectivity index is 1.87. The van der Waals surface area contributed by atoms with Crippen molar-refractivity contribution < 1.29 is 4.39 Å². The molecule has 2 aromatic rings. The molecule has 0 unspecified atom stereocenters. The third-order valence-corrected chi connectivity index (χ3v) is 3.18. The van der Waals surface area contributed by atoms with Gasteiger partial charge in [0.25, 0.3) is 0 Å². The molecule has 1 heterocycles. The fraction of sp³-hybridized carbons (Fsp3) is 0.308. The molecule has 0 atom stereocenters. The van der Waals surface area contributed by atoms with E-state index in [-0.39, 0.29) is 11.4 Å². The summed E-state index contributed by atoms with van der Waals surface area (Å²) in [6, 6.07) is 6.61. The van der Waals surface area contributed by atoms with Gasteiger partial charge in [0.2, 0.25) is 0 Å². The molecule has 3 nitrogen and oxygen atoms in total. The van der Waals surface area contributed by atoms with Crippen LogP contribution < -0.4 is 5.73 Å². The van der Waals surface area contributed by atoms with Gasteiger partial charge in [-0.3, -0.25) is 0 Å². The number of nitrogens with two attached hydrogens (primary N) is 1. The first-order valence-electron chi connectivity index (χ1n) is 5.74. The van der Waals surface area contributed by atoms with E-state index in [1.165, 1.54) is 6.07 Å². The Labute approximate surface area is 99.1 Å². The fourth-order valence-corrected chi connectivity index (χ4v) is 1.96. The predicted molar refractivity (Wildman–Crippen MR) is 63.4 cm³/mol. The first kappa shape index (κ1) is 10.5. The van der Waals surface area contributed by atoms with Gasteiger partial charge in [0.05, 0.1) is 6.20 Å². The van der Waals surface area contributed by atoms with Crippen LogP contribution in [-0.4, -0.2) is 15.3 Å². The largest absolute Gasteiger partial charge is 0.325 e. The van der Waals surface area contributed by atoms with Crippen LogP contribution in [-0.2, 0) is 6.42 Å². The smallest absolute Gasteiger partial charge is 0.148 e. The van der Waals surface area contributed by atoms with Crippen molar-refractivity contribution >= 4 is 0 Å². The van der Waals surface area contributed by atoms with E-state index in [9.17, 15) is 4.39 Å². The number of hydrogen-bond donors (Lipinski definition) is 1. The Morgan fingerprint density at radius 3 is 2.82 bits per heavy atom. The summed E-state index contributed by atoms with van der Waals surface area (Å²) in [5.41, 5.74) is 7.54. The quantitative estimate of drug-likeness (QED) is 0.878. The lowest BCUT2D eigenvalue weighted by Gasteiger charge is -2.05. The van der Waals surface area contributed by atoms with Gasteiger partial charge in [0, 0.05) is 11.7 Å². The van der Waals surface area contributed by atoms with Gasteiger partial charge >= 0.3 is 0 Å². The second-order valence-corrected chi connectivity index (χ2v) is 4.78. The van der Waals surface area contributed by atoms with Crippen LogP contribution in [0.25, 0.3) is 5.69 Å². The van der Waals surface area contributed by atoms with Crippen LogP contribution in [0.1, 0.15) is 18.4 Å². The molecule has 0 radical (unpaired) electrons. The van der Waals surface area contributed by atoms with Crippen LogP contribution in [0.3, 0.4) is 0 Å². The molecule has 1 fully saturated rings. The highest BCUT2D eigenvalue weighted by Crippen LogP contribution is 2.35. The van der Waals surface area contributed by atoms with Crippen molar-refractivity contribution in [3.63, 3.8) is 0 Å². The van der Waals surface area contributed by atoms with Gasteiger partial charge in [0.15, 0.2) is 0 Å². The summed E-state index contributed by atoms with van der Waals surface area (Å²) < 4.78 is 15.1. The normalized spacial score (nSPS) is 17.1. The molecule has 0 bridgehead atoms. The molecule has 0 saturated heterocycles. The first-order valence-corrected chi connectivity index (χ1v) is 5.74. The lowest BCUT2D eigenvalue weighted by molar-refractivity contribution is 0.610. The van der Waals surface area contributed by atoms with Gasteiger partial charge in [-0.1, -0.05) is 12.1 Å². The van der Waals surface area contributed by atoms with E-state index in [1.54, 1.807) is 29.1 Å².